The molecule has 2 N–H and O–H groups in total. The molecule has 0 saturated carbocycles. The summed E-state index contributed by atoms with van der Waals surface area (Å²) in [6.07, 6.45) is 0. The van der Waals surface area contributed by atoms with Gasteiger partial charge in [-0.3, -0.25) is 0 Å². The first kappa shape index (κ1) is 21.3. The molecule has 0 fully saturated rings. The van der Waals surface area contributed by atoms with E-state index in [9.17, 15) is 0 Å². The summed E-state index contributed by atoms with van der Waals surface area (Å²) in [4.78, 5) is 0. The van der Waals surface area contributed by atoms with Crippen LogP contribution in [0.3, 0.4) is 0 Å². The van der Waals surface area contributed by atoms with Crippen molar-refractivity contribution in [2.45, 2.75) is 0 Å². The number of fused-ring (bicyclic) bond motifs is 2. The molecule has 0 aliphatic carbocycles. The molecule has 0 heterocycles. The third-order valence-corrected chi connectivity index (χ3v) is 5.73. The van der Waals surface area contributed by atoms with Crippen molar-refractivity contribution < 1.29 is 0 Å². The summed E-state index contributed by atoms with van der Waals surface area (Å²) in [5, 5.41) is 28.7. The molecule has 166 valence electrons. The van der Waals surface area contributed by atoms with Gasteiger partial charge in [0.25, 0.3) is 0 Å². The van der Waals surface area contributed by atoms with Crippen molar-refractivity contribution >= 4 is 55.7 Å². The van der Waals surface area contributed by atoms with Crippen LogP contribution in [0.4, 0.5) is 34.1 Å². The molecule has 0 amide bonds. The second-order valence-corrected chi connectivity index (χ2v) is 7.75. The van der Waals surface area contributed by atoms with Crippen molar-refractivity contribution in [2.75, 3.05) is 24.7 Å². The predicted octanol–water partition coefficient (Wildman–Crippen LogP) is 8.91. The maximum Gasteiger partial charge on any atom is 0.0937 e. The van der Waals surface area contributed by atoms with E-state index >= 15 is 0 Å². The normalized spacial score (nSPS) is 11.6. The molecule has 6 nitrogen and oxygen atoms in total. The number of nitrogens with one attached hydrogen (secondary N) is 2. The standard InChI is InChI=1S/C28H24N6/c1-29-26-14-8-13-22-25(17-18-27(30-2)28(22)26)34-33-24-16-15-23(20-11-6-7-12-21(20)24)32-31-19-9-4-3-5-10-19/h3-18,29-30H,1-2H3. The van der Waals surface area contributed by atoms with Gasteiger partial charge in [0.1, 0.15) is 0 Å². The van der Waals surface area contributed by atoms with Crippen LogP contribution in [0.1, 0.15) is 0 Å². The smallest absolute Gasteiger partial charge is 0.0937 e. The SMILES string of the molecule is CNc1cccc2c(N=Nc3ccc(N=Nc4ccccc4)c4ccccc34)ccc(NC)c12. The fourth-order valence-corrected chi connectivity index (χ4v) is 4.05. The summed E-state index contributed by atoms with van der Waals surface area (Å²) in [5.41, 5.74) is 5.27. The lowest BCUT2D eigenvalue weighted by Gasteiger charge is -2.12. The highest BCUT2D eigenvalue weighted by Gasteiger charge is 2.10. The van der Waals surface area contributed by atoms with Crippen molar-refractivity contribution in [2.24, 2.45) is 20.5 Å². The van der Waals surface area contributed by atoms with Crippen molar-refractivity contribution in [1.82, 2.24) is 0 Å². The second-order valence-electron chi connectivity index (χ2n) is 7.75. The van der Waals surface area contributed by atoms with Crippen molar-refractivity contribution in [3.63, 3.8) is 0 Å². The Labute approximate surface area is 198 Å². The first-order valence-electron chi connectivity index (χ1n) is 11.1. The zero-order valence-corrected chi connectivity index (χ0v) is 19.0. The minimum Gasteiger partial charge on any atom is -0.388 e. The summed E-state index contributed by atoms with van der Waals surface area (Å²) < 4.78 is 0. The highest BCUT2D eigenvalue weighted by atomic mass is 15.1. The average Bonchev–Trinajstić information content (AvgIpc) is 2.91. The summed E-state index contributed by atoms with van der Waals surface area (Å²) >= 11 is 0. The molecule has 5 rings (SSSR count). The molecule has 5 aromatic carbocycles. The van der Waals surface area contributed by atoms with Crippen molar-refractivity contribution in [3.05, 3.63) is 97.1 Å². The fraction of sp³-hybridized carbons (Fsp3) is 0.0714. The molecule has 0 spiro atoms. The number of azo groups is 2. The third kappa shape index (κ3) is 4.09. The van der Waals surface area contributed by atoms with Crippen LogP contribution in [0.2, 0.25) is 0 Å². The van der Waals surface area contributed by atoms with Gasteiger partial charge in [0.2, 0.25) is 0 Å². The molecular weight excluding hydrogens is 420 g/mol. The minimum absolute atomic E-state index is 0.782. The van der Waals surface area contributed by atoms with Gasteiger partial charge in [0.05, 0.1) is 22.7 Å². The third-order valence-electron chi connectivity index (χ3n) is 5.73. The van der Waals surface area contributed by atoms with Gasteiger partial charge >= 0.3 is 0 Å². The number of nitrogens with zero attached hydrogens (tertiary/aromatic N) is 4. The number of benzene rings is 5. The van der Waals surface area contributed by atoms with Gasteiger partial charge < -0.3 is 10.6 Å². The Bertz CT molecular complexity index is 1510. The van der Waals surface area contributed by atoms with Crippen LogP contribution >= 0.6 is 0 Å². The summed E-state index contributed by atoms with van der Waals surface area (Å²) in [5.74, 6) is 0. The summed E-state index contributed by atoms with van der Waals surface area (Å²) in [6.45, 7) is 0. The number of hydrogen-bond acceptors (Lipinski definition) is 6. The van der Waals surface area contributed by atoms with E-state index in [1.54, 1.807) is 0 Å². The monoisotopic (exact) mass is 444 g/mol. The van der Waals surface area contributed by atoms with Gasteiger partial charge in [0.15, 0.2) is 0 Å². The van der Waals surface area contributed by atoms with Gasteiger partial charge in [-0.25, -0.2) is 0 Å². The van der Waals surface area contributed by atoms with Crippen LogP contribution in [0.15, 0.2) is 118 Å². The van der Waals surface area contributed by atoms with Gasteiger partial charge in [-0.05, 0) is 42.5 Å². The van der Waals surface area contributed by atoms with E-state index in [1.807, 2.05) is 99.0 Å². The van der Waals surface area contributed by atoms with Crippen LogP contribution in [-0.2, 0) is 0 Å². The lowest BCUT2D eigenvalue weighted by molar-refractivity contribution is 1.23. The van der Waals surface area contributed by atoms with E-state index in [-0.39, 0.29) is 0 Å². The summed E-state index contributed by atoms with van der Waals surface area (Å²) in [7, 11) is 3.84. The molecule has 0 radical (unpaired) electrons. The van der Waals surface area contributed by atoms with E-state index in [1.165, 1.54) is 0 Å². The van der Waals surface area contributed by atoms with Crippen LogP contribution in [-0.4, -0.2) is 14.1 Å². The van der Waals surface area contributed by atoms with Crippen LogP contribution in [0.5, 0.6) is 0 Å². The van der Waals surface area contributed by atoms with Crippen molar-refractivity contribution in [3.8, 4) is 0 Å². The Kier molecular flexibility index (Phi) is 5.95. The zero-order valence-electron chi connectivity index (χ0n) is 19.0. The molecule has 5 aromatic rings. The van der Waals surface area contributed by atoms with Gasteiger partial charge in [0, 0.05) is 47.0 Å². The molecule has 0 unspecified atom stereocenters. The molecule has 0 aliphatic heterocycles. The predicted molar refractivity (Wildman–Crippen MR) is 142 cm³/mol. The zero-order chi connectivity index (χ0) is 23.3. The van der Waals surface area contributed by atoms with E-state index < -0.39 is 0 Å². The maximum absolute atomic E-state index is 4.64. The first-order valence-corrected chi connectivity index (χ1v) is 11.1. The molecule has 34 heavy (non-hydrogen) atoms. The Morgan fingerprint density at radius 1 is 0.441 bits per heavy atom. The molecular formula is C28H24N6. The fourth-order valence-electron chi connectivity index (χ4n) is 4.05. The molecule has 0 bridgehead atoms. The Morgan fingerprint density at radius 3 is 1.59 bits per heavy atom. The minimum atomic E-state index is 0.782. The quantitative estimate of drug-likeness (QED) is 0.257. The first-order chi connectivity index (χ1) is 16.8. The highest BCUT2D eigenvalue weighted by Crippen LogP contribution is 2.39. The Hall–Kier alpha value is -4.58. The molecule has 0 atom stereocenters. The highest BCUT2D eigenvalue weighted by molar-refractivity contribution is 6.08. The molecule has 0 aliphatic rings. The second kappa shape index (κ2) is 9.50. The molecule has 6 heteroatoms. The van der Waals surface area contributed by atoms with E-state index in [4.69, 9.17) is 0 Å². The van der Waals surface area contributed by atoms with E-state index in [2.05, 4.69) is 43.2 Å². The summed E-state index contributed by atoms with van der Waals surface area (Å²) in [6, 6.07) is 31.8. The lowest BCUT2D eigenvalue weighted by atomic mass is 10.0. The van der Waals surface area contributed by atoms with Crippen LogP contribution < -0.4 is 10.6 Å². The van der Waals surface area contributed by atoms with Gasteiger partial charge in [-0.2, -0.15) is 5.11 Å². The van der Waals surface area contributed by atoms with Gasteiger partial charge in [-0.1, -0.05) is 54.6 Å². The van der Waals surface area contributed by atoms with Gasteiger partial charge in [-0.15, -0.1) is 15.3 Å². The van der Waals surface area contributed by atoms with E-state index in [0.29, 0.717) is 0 Å². The number of rotatable bonds is 6. The molecule has 0 aromatic heterocycles. The molecule has 0 saturated heterocycles. The van der Waals surface area contributed by atoms with Crippen LogP contribution in [0.25, 0.3) is 21.5 Å². The topological polar surface area (TPSA) is 73.5 Å². The number of hydrogen-bond donors (Lipinski definition) is 2. The van der Waals surface area contributed by atoms with Crippen molar-refractivity contribution in [1.29, 1.82) is 0 Å². The largest absolute Gasteiger partial charge is 0.388 e. The Morgan fingerprint density at radius 2 is 0.941 bits per heavy atom. The number of anilines is 2. The van der Waals surface area contributed by atoms with Crippen LogP contribution in [0, 0.1) is 0 Å². The lowest BCUT2D eigenvalue weighted by Crippen LogP contribution is -1.94. The average molecular weight is 445 g/mol. The van der Waals surface area contributed by atoms with E-state index in [0.717, 1.165) is 55.7 Å². The Balaban J connectivity index is 1.56. The maximum atomic E-state index is 4.64.